The van der Waals surface area contributed by atoms with Gasteiger partial charge in [0.15, 0.2) is 0 Å². The number of benzene rings is 1. The fourth-order valence-electron chi connectivity index (χ4n) is 2.73. The van der Waals surface area contributed by atoms with Crippen molar-refractivity contribution >= 4 is 40.2 Å². The number of aromatic nitrogens is 2. The van der Waals surface area contributed by atoms with E-state index in [0.29, 0.717) is 17.4 Å². The van der Waals surface area contributed by atoms with E-state index in [1.807, 2.05) is 69.9 Å². The van der Waals surface area contributed by atoms with E-state index in [-0.39, 0.29) is 35.3 Å². The topological polar surface area (TPSA) is 139 Å². The van der Waals surface area contributed by atoms with Gasteiger partial charge in [-0.15, -0.1) is 0 Å². The van der Waals surface area contributed by atoms with Crippen LogP contribution in [0.2, 0.25) is 0 Å². The number of aliphatic imine (C=N–C) groups is 1. The van der Waals surface area contributed by atoms with Gasteiger partial charge in [0.1, 0.15) is 5.82 Å². The quantitative estimate of drug-likeness (QED) is 0.349. The van der Waals surface area contributed by atoms with Gasteiger partial charge in [0.25, 0.3) is 5.95 Å². The summed E-state index contributed by atoms with van der Waals surface area (Å²) in [5.74, 6) is -0.678. The van der Waals surface area contributed by atoms with Gasteiger partial charge in [-0.25, -0.2) is 9.98 Å². The van der Waals surface area contributed by atoms with E-state index in [1.54, 1.807) is 6.07 Å². The fourth-order valence-corrected chi connectivity index (χ4v) is 2.73. The number of nitrogens with two attached hydrogens (primary N) is 1. The summed E-state index contributed by atoms with van der Waals surface area (Å²) in [5, 5.41) is 25.9. The van der Waals surface area contributed by atoms with Crippen LogP contribution < -0.4 is 21.3 Å². The molecule has 0 spiro atoms. The molecule has 9 heteroatoms. The zero-order valence-electron chi connectivity index (χ0n) is 17.0. The number of fused-ring (bicyclic) bond motifs is 1. The van der Waals surface area contributed by atoms with Gasteiger partial charge in [0.2, 0.25) is 0 Å². The molecular weight excluding hydrogens is 450 g/mol. The molecule has 4 rings (SSSR count). The summed E-state index contributed by atoms with van der Waals surface area (Å²) in [7, 11) is 0. The molecule has 0 bridgehead atoms. The van der Waals surface area contributed by atoms with Crippen LogP contribution in [0.15, 0.2) is 23.2 Å². The van der Waals surface area contributed by atoms with Gasteiger partial charge >= 0.3 is 17.1 Å². The Labute approximate surface area is 199 Å². The molecule has 0 unspecified atom stereocenters. The molecule has 0 atom stereocenters. The predicted molar refractivity (Wildman–Crippen MR) is 116 cm³/mol. The molecule has 3 N–H and O–H groups in total. The maximum atomic E-state index is 11.6. The second-order valence-electron chi connectivity index (χ2n) is 6.63. The Morgan fingerprint density at radius 3 is 2.25 bits per heavy atom. The number of anilines is 2. The Hall–Kier alpha value is -2.38. The van der Waals surface area contributed by atoms with Crippen LogP contribution in [-0.4, -0.2) is 28.4 Å². The minimum absolute atomic E-state index is 0. The number of aliphatic carboxylic acids is 1. The average Bonchev–Trinajstić information content (AvgIpc) is 3.48. The van der Waals surface area contributed by atoms with Crippen molar-refractivity contribution in [1.82, 2.24) is 9.97 Å². The monoisotopic (exact) mass is 471 g/mol. The second kappa shape index (κ2) is 13.2. The maximum absolute atomic E-state index is 11.6. The Kier molecular flexibility index (Phi) is 10.7. The molecule has 1 aromatic carbocycles. The van der Waals surface area contributed by atoms with E-state index < -0.39 is 18.3 Å². The second-order valence-corrected chi connectivity index (χ2v) is 6.63. The van der Waals surface area contributed by atoms with Crippen LogP contribution in [0.1, 0.15) is 12.8 Å². The van der Waals surface area contributed by atoms with Crippen molar-refractivity contribution in [3.63, 3.8) is 0 Å². The van der Waals surface area contributed by atoms with E-state index >= 15 is 0 Å². The van der Waals surface area contributed by atoms with Gasteiger partial charge in [0, 0.05) is 29.5 Å². The van der Waals surface area contributed by atoms with Crippen molar-refractivity contribution < 1.29 is 32.1 Å². The summed E-state index contributed by atoms with van der Waals surface area (Å²) in [4.78, 5) is 22.3. The number of rotatable bonds is 7. The first-order chi connectivity index (χ1) is 15.0. The summed E-state index contributed by atoms with van der Waals surface area (Å²) in [6, 6.07) is 5.43. The standard InChI is InChI=1S/C18H18N5O3.C5H5.Fe/c19-17-13-9-12(20-10-11-3-1-2-4-11)5-6-14(13)21-18(23-17)22-15(24)7-8-16(25)26;1-2-4-5-3-1;/h1-6,9,20H,7-8,10H2,(H,25,26)(H3,19,21,22,23,24);1-5H;/q;;+2/p-2. The van der Waals surface area contributed by atoms with Crippen molar-refractivity contribution in [2.75, 3.05) is 17.6 Å². The zero-order valence-corrected chi connectivity index (χ0v) is 18.2. The average molecular weight is 471 g/mol. The van der Waals surface area contributed by atoms with Crippen molar-refractivity contribution in [3.05, 3.63) is 81.9 Å². The van der Waals surface area contributed by atoms with Crippen molar-refractivity contribution in [1.29, 1.82) is 0 Å². The zero-order chi connectivity index (χ0) is 22.1. The third kappa shape index (κ3) is 8.28. The van der Waals surface area contributed by atoms with Crippen LogP contribution in [0.4, 0.5) is 17.5 Å². The third-order valence-electron chi connectivity index (χ3n) is 4.27. The Morgan fingerprint density at radius 1 is 0.969 bits per heavy atom. The summed E-state index contributed by atoms with van der Waals surface area (Å²) >= 11 is 0. The van der Waals surface area contributed by atoms with Crippen LogP contribution >= 0.6 is 0 Å². The molecule has 8 nitrogen and oxygen atoms in total. The molecule has 0 aliphatic heterocycles. The molecule has 2 aromatic rings. The Morgan fingerprint density at radius 2 is 1.62 bits per heavy atom. The molecule has 0 amide bonds. The van der Waals surface area contributed by atoms with E-state index in [9.17, 15) is 15.0 Å². The van der Waals surface area contributed by atoms with Crippen LogP contribution in [0, 0.1) is 63.7 Å². The van der Waals surface area contributed by atoms with Crippen molar-refractivity contribution in [2.45, 2.75) is 12.8 Å². The largest absolute Gasteiger partial charge is 2.00 e. The number of hydrogen-bond donors (Lipinski definition) is 2. The Bertz CT molecular complexity index is 904. The number of hydrogen-bond acceptors (Lipinski definition) is 8. The fraction of sp³-hybridized carbons (Fsp3) is 0.130. The number of nitrogens with one attached hydrogen (secondary N) is 1. The van der Waals surface area contributed by atoms with E-state index in [1.165, 1.54) is 5.92 Å². The summed E-state index contributed by atoms with van der Waals surface area (Å²) < 4.78 is 0. The van der Waals surface area contributed by atoms with Gasteiger partial charge in [0.05, 0.1) is 5.52 Å². The van der Waals surface area contributed by atoms with Gasteiger partial charge in [-0.05, 0) is 94.7 Å². The first-order valence-electron chi connectivity index (χ1n) is 9.64. The van der Waals surface area contributed by atoms with Crippen LogP contribution in [-0.2, 0) is 21.9 Å². The van der Waals surface area contributed by atoms with Crippen LogP contribution in [0.25, 0.3) is 10.9 Å². The van der Waals surface area contributed by atoms with Gasteiger partial charge in [-0.2, -0.15) is 4.98 Å². The molecule has 32 heavy (non-hydrogen) atoms. The van der Waals surface area contributed by atoms with E-state index in [2.05, 4.69) is 20.3 Å². The number of carbonyl (C=O) groups is 1. The van der Waals surface area contributed by atoms with Crippen LogP contribution in [0.5, 0.6) is 0 Å². The first kappa shape index (κ1) is 25.9. The van der Waals surface area contributed by atoms with Crippen molar-refractivity contribution in [3.8, 4) is 0 Å². The van der Waals surface area contributed by atoms with Gasteiger partial charge in [-0.3, -0.25) is 0 Å². The first-order valence-corrected chi connectivity index (χ1v) is 9.64. The van der Waals surface area contributed by atoms with E-state index in [0.717, 1.165) is 5.69 Å². The van der Waals surface area contributed by atoms with Crippen LogP contribution in [0.3, 0.4) is 0 Å². The minimum Gasteiger partial charge on any atom is -0.862 e. The number of nitrogen functional groups attached to an aromatic ring is 1. The minimum atomic E-state index is -1.31. The van der Waals surface area contributed by atoms with E-state index in [4.69, 9.17) is 5.73 Å². The molecule has 2 aliphatic carbocycles. The molecule has 10 radical (unpaired) electrons. The smallest absolute Gasteiger partial charge is 0.862 e. The third-order valence-corrected chi connectivity index (χ3v) is 4.27. The maximum Gasteiger partial charge on any atom is 2.00 e. The van der Waals surface area contributed by atoms with Gasteiger partial charge in [-0.1, -0.05) is 0 Å². The molecule has 1 heterocycles. The normalized spacial score (nSPS) is 16.3. The SMILES string of the molecule is Nc1nc(/N=C(\[O-])CCC(=O)[O-])nc2ccc(NC[C]3[CH][CH][CH][CH]3)cc12.[CH]1[CH][CH][CH][CH]1.[Fe+2]. The summed E-state index contributed by atoms with van der Waals surface area (Å²) in [6.07, 6.45) is 17.3. The predicted octanol–water partition coefficient (Wildman–Crippen LogP) is 0.969. The number of carboxylic acid groups (broad SMARTS) is 1. The number of carbonyl (C=O) groups excluding carboxylic acids is 1. The molecular formula is C23H21FeN5O3. The molecule has 0 saturated heterocycles. The van der Waals surface area contributed by atoms with Gasteiger partial charge < -0.3 is 26.1 Å². The summed E-state index contributed by atoms with van der Waals surface area (Å²) in [6.45, 7) is 0.680. The summed E-state index contributed by atoms with van der Waals surface area (Å²) in [5.41, 5.74) is 7.37. The number of nitrogens with zero attached hydrogens (tertiary/aromatic N) is 3. The molecule has 164 valence electrons. The Balaban J connectivity index is 0.000000534. The van der Waals surface area contributed by atoms with Crippen molar-refractivity contribution in [2.24, 2.45) is 4.99 Å². The number of carboxylic acids is 1. The molecule has 1 aromatic heterocycles. The molecule has 2 saturated carbocycles. The molecule has 2 fully saturated rings. The molecule has 2 aliphatic rings.